The first-order valence-electron chi connectivity index (χ1n) is 8.05. The van der Waals surface area contributed by atoms with Gasteiger partial charge in [-0.1, -0.05) is 25.4 Å². The Hall–Kier alpha value is -1.27. The van der Waals surface area contributed by atoms with Gasteiger partial charge in [0.05, 0.1) is 5.75 Å². The summed E-state index contributed by atoms with van der Waals surface area (Å²) < 4.78 is 28.7. The van der Waals surface area contributed by atoms with Crippen LogP contribution in [0.1, 0.15) is 46.6 Å². The average molecular weight is 376 g/mol. The summed E-state index contributed by atoms with van der Waals surface area (Å²) >= 11 is 6.04. The SMILES string of the molecule is CCS(=O)(=O)Oc1ccc(Cl)cc1CN(C(=O)CC(C)C)C(C)C. The summed E-state index contributed by atoms with van der Waals surface area (Å²) in [6.45, 7) is 9.57. The molecule has 0 aliphatic carbocycles. The quantitative estimate of drug-likeness (QED) is 0.647. The lowest BCUT2D eigenvalue weighted by Crippen LogP contribution is -2.37. The van der Waals surface area contributed by atoms with E-state index in [1.54, 1.807) is 17.0 Å². The van der Waals surface area contributed by atoms with E-state index >= 15 is 0 Å². The predicted molar refractivity (Wildman–Crippen MR) is 96.7 cm³/mol. The molecule has 0 aromatic heterocycles. The topological polar surface area (TPSA) is 63.7 Å². The van der Waals surface area contributed by atoms with E-state index in [2.05, 4.69) is 0 Å². The molecule has 0 saturated heterocycles. The molecule has 0 aliphatic heterocycles. The van der Waals surface area contributed by atoms with Gasteiger partial charge in [0.2, 0.25) is 5.91 Å². The van der Waals surface area contributed by atoms with Crippen LogP contribution in [-0.4, -0.2) is 31.0 Å². The van der Waals surface area contributed by atoms with Crippen LogP contribution in [0, 0.1) is 5.92 Å². The molecule has 0 spiro atoms. The summed E-state index contributed by atoms with van der Waals surface area (Å²) in [6.07, 6.45) is 0.433. The number of carbonyl (C=O) groups excluding carboxylic acids is 1. The maximum atomic E-state index is 12.5. The normalized spacial score (nSPS) is 11.8. The Bertz CT molecular complexity index is 671. The highest BCUT2D eigenvalue weighted by atomic mass is 35.5. The summed E-state index contributed by atoms with van der Waals surface area (Å²) in [6, 6.07) is 4.71. The van der Waals surface area contributed by atoms with E-state index in [0.29, 0.717) is 17.0 Å². The molecule has 0 heterocycles. The molecule has 5 nitrogen and oxygen atoms in total. The Morgan fingerprint density at radius 1 is 1.25 bits per heavy atom. The Balaban J connectivity index is 3.14. The smallest absolute Gasteiger partial charge is 0.308 e. The molecule has 136 valence electrons. The van der Waals surface area contributed by atoms with Gasteiger partial charge >= 0.3 is 10.1 Å². The summed E-state index contributed by atoms with van der Waals surface area (Å²) in [7, 11) is -3.65. The van der Waals surface area contributed by atoms with Crippen LogP contribution in [0.15, 0.2) is 18.2 Å². The molecule has 1 aromatic rings. The first-order chi connectivity index (χ1) is 11.1. The van der Waals surface area contributed by atoms with Crippen LogP contribution in [0.3, 0.4) is 0 Å². The summed E-state index contributed by atoms with van der Waals surface area (Å²) in [4.78, 5) is 14.2. The Morgan fingerprint density at radius 2 is 1.88 bits per heavy atom. The van der Waals surface area contributed by atoms with Crippen molar-refractivity contribution in [2.45, 2.75) is 53.6 Å². The van der Waals surface area contributed by atoms with Crippen molar-refractivity contribution in [2.24, 2.45) is 5.92 Å². The second-order valence-electron chi connectivity index (χ2n) is 6.40. The molecule has 7 heteroatoms. The molecule has 0 bridgehead atoms. The summed E-state index contributed by atoms with van der Waals surface area (Å²) in [5, 5.41) is 0.464. The standard InChI is InChI=1S/C17H26ClNO4S/c1-6-24(21,22)23-16-8-7-15(18)10-14(16)11-19(13(4)5)17(20)9-12(2)3/h7-8,10,12-13H,6,9,11H2,1-5H3. The first kappa shape index (κ1) is 20.8. The van der Waals surface area contributed by atoms with Gasteiger partial charge in [0.1, 0.15) is 5.75 Å². The van der Waals surface area contributed by atoms with Crippen molar-refractivity contribution in [3.63, 3.8) is 0 Å². The Kier molecular flexibility index (Phi) is 7.55. The fourth-order valence-corrected chi connectivity index (χ4v) is 2.91. The molecule has 1 aromatic carbocycles. The van der Waals surface area contributed by atoms with Crippen molar-refractivity contribution >= 4 is 27.6 Å². The van der Waals surface area contributed by atoms with Crippen LogP contribution in [0.2, 0.25) is 5.02 Å². The molecule has 24 heavy (non-hydrogen) atoms. The van der Waals surface area contributed by atoms with Gasteiger partial charge < -0.3 is 9.08 Å². The number of hydrogen-bond acceptors (Lipinski definition) is 4. The van der Waals surface area contributed by atoms with Crippen molar-refractivity contribution in [3.8, 4) is 5.75 Å². The number of carbonyl (C=O) groups is 1. The number of halogens is 1. The van der Waals surface area contributed by atoms with Gasteiger partial charge in [-0.25, -0.2) is 0 Å². The van der Waals surface area contributed by atoms with Crippen LogP contribution in [-0.2, 0) is 21.5 Å². The van der Waals surface area contributed by atoms with Gasteiger partial charge in [-0.3, -0.25) is 4.79 Å². The van der Waals surface area contributed by atoms with Gasteiger partial charge in [-0.2, -0.15) is 8.42 Å². The lowest BCUT2D eigenvalue weighted by molar-refractivity contribution is -0.134. The largest absolute Gasteiger partial charge is 0.382 e. The van der Waals surface area contributed by atoms with Crippen molar-refractivity contribution in [1.29, 1.82) is 0 Å². The average Bonchev–Trinajstić information content (AvgIpc) is 2.46. The van der Waals surface area contributed by atoms with Crippen LogP contribution < -0.4 is 4.18 Å². The van der Waals surface area contributed by atoms with Crippen LogP contribution in [0.25, 0.3) is 0 Å². The number of rotatable bonds is 8. The minimum Gasteiger partial charge on any atom is -0.382 e. The second-order valence-corrected chi connectivity index (χ2v) is 8.69. The van der Waals surface area contributed by atoms with E-state index in [1.165, 1.54) is 13.0 Å². The van der Waals surface area contributed by atoms with Crippen LogP contribution in [0.5, 0.6) is 5.75 Å². The molecule has 0 atom stereocenters. The first-order valence-corrected chi connectivity index (χ1v) is 10.0. The van der Waals surface area contributed by atoms with E-state index in [0.717, 1.165) is 0 Å². The van der Waals surface area contributed by atoms with Crippen molar-refractivity contribution in [2.75, 3.05) is 5.75 Å². The molecule has 1 amide bonds. The van der Waals surface area contributed by atoms with E-state index in [4.69, 9.17) is 15.8 Å². The number of amides is 1. The maximum Gasteiger partial charge on any atom is 0.308 e. The zero-order chi connectivity index (χ0) is 18.5. The van der Waals surface area contributed by atoms with Crippen molar-refractivity contribution in [1.82, 2.24) is 4.90 Å². The summed E-state index contributed by atoms with van der Waals surface area (Å²) in [5.74, 6) is 0.345. The van der Waals surface area contributed by atoms with Gasteiger partial charge in [0.25, 0.3) is 0 Å². The van der Waals surface area contributed by atoms with Gasteiger partial charge in [-0.05, 0) is 44.9 Å². The van der Waals surface area contributed by atoms with E-state index in [9.17, 15) is 13.2 Å². The molecule has 0 saturated carbocycles. The fraction of sp³-hybridized carbons (Fsp3) is 0.588. The van der Waals surface area contributed by atoms with Crippen molar-refractivity contribution < 1.29 is 17.4 Å². The number of nitrogens with zero attached hydrogens (tertiary/aromatic N) is 1. The summed E-state index contributed by atoms with van der Waals surface area (Å²) in [5.41, 5.74) is 0.574. The number of hydrogen-bond donors (Lipinski definition) is 0. The third-order valence-electron chi connectivity index (χ3n) is 3.46. The lowest BCUT2D eigenvalue weighted by Gasteiger charge is -2.28. The van der Waals surface area contributed by atoms with E-state index < -0.39 is 10.1 Å². The van der Waals surface area contributed by atoms with E-state index in [-0.39, 0.29) is 35.9 Å². The molecular formula is C17H26ClNO4S. The number of benzene rings is 1. The highest BCUT2D eigenvalue weighted by Crippen LogP contribution is 2.27. The van der Waals surface area contributed by atoms with Crippen LogP contribution >= 0.6 is 11.6 Å². The zero-order valence-corrected chi connectivity index (χ0v) is 16.4. The van der Waals surface area contributed by atoms with Gasteiger partial charge in [0, 0.05) is 29.6 Å². The Labute approximate surface area is 150 Å². The van der Waals surface area contributed by atoms with Crippen LogP contribution in [0.4, 0.5) is 0 Å². The minimum absolute atomic E-state index is 0.0178. The molecule has 0 radical (unpaired) electrons. The highest BCUT2D eigenvalue weighted by Gasteiger charge is 2.21. The minimum atomic E-state index is -3.65. The lowest BCUT2D eigenvalue weighted by atomic mass is 10.1. The third kappa shape index (κ3) is 6.32. The molecule has 0 fully saturated rings. The second kappa shape index (κ2) is 8.72. The maximum absolute atomic E-state index is 12.5. The Morgan fingerprint density at radius 3 is 2.38 bits per heavy atom. The zero-order valence-electron chi connectivity index (χ0n) is 14.9. The van der Waals surface area contributed by atoms with E-state index in [1.807, 2.05) is 27.7 Å². The van der Waals surface area contributed by atoms with Gasteiger partial charge in [-0.15, -0.1) is 0 Å². The third-order valence-corrected chi connectivity index (χ3v) is 4.84. The molecule has 0 N–H and O–H groups in total. The monoisotopic (exact) mass is 375 g/mol. The predicted octanol–water partition coefficient (Wildman–Crippen LogP) is 3.85. The molecule has 1 rings (SSSR count). The van der Waals surface area contributed by atoms with Gasteiger partial charge in [0.15, 0.2) is 0 Å². The van der Waals surface area contributed by atoms with Crippen molar-refractivity contribution in [3.05, 3.63) is 28.8 Å². The molecule has 0 unspecified atom stereocenters. The highest BCUT2D eigenvalue weighted by molar-refractivity contribution is 7.87. The molecular weight excluding hydrogens is 350 g/mol. The fourth-order valence-electron chi connectivity index (χ4n) is 2.16. The molecule has 0 aliphatic rings.